The number of hydrogen-bond donors (Lipinski definition) is 7. The van der Waals surface area contributed by atoms with Crippen LogP contribution in [0.5, 0.6) is 0 Å². The van der Waals surface area contributed by atoms with Crippen LogP contribution in [-0.4, -0.2) is 185 Å². The molecule has 0 aromatic carbocycles. The molecule has 0 saturated carbocycles. The SMILES string of the molecule is C.C.C.C.C.C.C.C.C.C.C.C.C.C.C.C.C.C.C.C.C.C.C.C=C.C=C.C=O.C=O.C=O.C=O.C=O.C=O.C=O.C=O.CCO.CCO.CCO.CCO.CO.CO.CO.COBr.COBr.COC.COCCBr.[H-].[Na+]. The molecule has 0 amide bonds. The van der Waals surface area contributed by atoms with Crippen LogP contribution in [0, 0.1) is 0 Å². The number of alkyl halides is 1. The summed E-state index contributed by atoms with van der Waals surface area (Å²) >= 11 is 8.48. The van der Waals surface area contributed by atoms with Crippen LogP contribution < -0.4 is 29.6 Å². The predicted molar refractivity (Wildman–Crippen MR) is 381 cm³/mol. The van der Waals surface area contributed by atoms with E-state index in [9.17, 15) is 0 Å². The van der Waals surface area contributed by atoms with Crippen LogP contribution in [0.25, 0.3) is 0 Å². The van der Waals surface area contributed by atoms with Gasteiger partial charge in [-0.2, -0.15) is 0 Å². The Hall–Kier alpha value is -1.16. The van der Waals surface area contributed by atoms with E-state index in [0.717, 1.165) is 33.3 Å². The molecule has 0 aliphatic heterocycles. The van der Waals surface area contributed by atoms with Crippen LogP contribution in [0.4, 0.5) is 0 Å². The molecule has 0 aromatic heterocycles. The van der Waals surface area contributed by atoms with Crippen molar-refractivity contribution in [2.75, 3.05) is 95.2 Å². The van der Waals surface area contributed by atoms with Gasteiger partial charge in [0, 0.05) is 74.4 Å². The fraction of sp³-hybridized carbons (Fsp3) is 0.774. The topological polar surface area (TPSA) is 315 Å². The molecule has 520 valence electrons. The predicted octanol–water partition coefficient (Wildman–Crippen LogP) is 13.9. The largest absolute Gasteiger partial charge is 1.00 e. The monoisotopic (exact) mass is 1370 g/mol. The van der Waals surface area contributed by atoms with E-state index in [0.29, 0.717) is 0 Å². The van der Waals surface area contributed by atoms with Crippen LogP contribution in [0.3, 0.4) is 0 Å². The number of aliphatic hydroxyl groups excluding tert-OH is 7. The molecular formula is C53H172Br3NaO19. The summed E-state index contributed by atoms with van der Waals surface area (Å²) in [7, 11) is 11.0. The van der Waals surface area contributed by atoms with Crippen molar-refractivity contribution in [1.29, 1.82) is 0 Å². The number of hydrogen-bond acceptors (Lipinski definition) is 19. The zero-order valence-corrected chi connectivity index (χ0v) is 41.6. The average molecular weight is 1380 g/mol. The third-order valence-corrected chi connectivity index (χ3v) is 0.605. The molecule has 0 rings (SSSR count). The van der Waals surface area contributed by atoms with Crippen molar-refractivity contribution in [3.63, 3.8) is 0 Å². The van der Waals surface area contributed by atoms with E-state index in [1.54, 1.807) is 63.2 Å². The number of ether oxygens (including phenoxy) is 2. The van der Waals surface area contributed by atoms with Crippen molar-refractivity contribution < 1.29 is 122 Å². The fourth-order valence-corrected chi connectivity index (χ4v) is 0.401. The summed E-state index contributed by atoms with van der Waals surface area (Å²) in [6.45, 7) is 36.5. The Bertz CT molecular complexity index is 212. The van der Waals surface area contributed by atoms with Gasteiger partial charge in [-0.3, -0.25) is 0 Å². The van der Waals surface area contributed by atoms with Crippen molar-refractivity contribution in [2.45, 2.75) is 199 Å². The second kappa shape index (κ2) is 5010. The van der Waals surface area contributed by atoms with Gasteiger partial charge in [0.15, 0.2) is 0 Å². The van der Waals surface area contributed by atoms with Crippen LogP contribution in [0.2, 0.25) is 0 Å². The summed E-state index contributed by atoms with van der Waals surface area (Å²) < 4.78 is 17.0. The van der Waals surface area contributed by atoms with E-state index in [-0.39, 0.29) is 228 Å². The minimum absolute atomic E-state index is 0. The minimum Gasteiger partial charge on any atom is -1.00 e. The zero-order chi connectivity index (χ0) is 49.1. The molecule has 7 N–H and O–H groups in total. The number of rotatable bonds is 2. The molecule has 23 heteroatoms. The molecule has 0 fully saturated rings. The summed E-state index contributed by atoms with van der Waals surface area (Å²) in [4.78, 5) is 64.0. The van der Waals surface area contributed by atoms with Crippen LogP contribution in [-0.2, 0) is 55.5 Å². The Balaban J connectivity index is -0.00000000295. The molecule has 0 unspecified atom stereocenters. The van der Waals surface area contributed by atoms with E-state index in [4.69, 9.17) is 74.1 Å². The van der Waals surface area contributed by atoms with Gasteiger partial charge in [-0.05, 0) is 27.7 Å². The number of halogens is 3. The van der Waals surface area contributed by atoms with Gasteiger partial charge in [-0.15, -0.1) is 26.3 Å². The summed E-state index contributed by atoms with van der Waals surface area (Å²) in [6.07, 6.45) is 0. The number of methoxy groups -OCH3 is 2. The molecule has 0 aliphatic rings. The number of carbonyl (C=O) groups is 8. The van der Waals surface area contributed by atoms with Crippen LogP contribution in [0.15, 0.2) is 26.3 Å². The molecule has 0 bridgehead atoms. The quantitative estimate of drug-likeness (QED) is 0.0767. The van der Waals surface area contributed by atoms with Gasteiger partial charge in [0.05, 0.1) is 53.3 Å². The van der Waals surface area contributed by atoms with Crippen molar-refractivity contribution in [1.82, 2.24) is 0 Å². The third-order valence-electron chi connectivity index (χ3n) is 0.281. The normalized spacial score (nSPS) is 2.97. The minimum atomic E-state index is 0. The molecule has 0 aromatic rings. The zero-order valence-electron chi connectivity index (χ0n) is 35.9. The first-order valence-corrected chi connectivity index (χ1v) is 14.6. The fourth-order valence-electron chi connectivity index (χ4n) is 0.0772. The first-order valence-electron chi connectivity index (χ1n) is 12.2. The van der Waals surface area contributed by atoms with Crippen molar-refractivity contribution in [3.05, 3.63) is 26.3 Å². The molecular weight excluding hydrogens is 1200 g/mol. The van der Waals surface area contributed by atoms with E-state index in [1.165, 1.54) is 0 Å². The Kier molecular flexibility index (Phi) is 30200. The molecule has 0 aliphatic carbocycles. The molecule has 0 spiro atoms. The average Bonchev–Trinajstić information content (AvgIpc) is 3.24. The van der Waals surface area contributed by atoms with Crippen molar-refractivity contribution >= 4 is 103 Å². The molecule has 0 atom stereocenters. The van der Waals surface area contributed by atoms with Gasteiger partial charge >= 0.3 is 29.6 Å². The summed E-state index contributed by atoms with van der Waals surface area (Å²) in [5.74, 6) is 0. The van der Waals surface area contributed by atoms with E-state index in [1.807, 2.05) is 54.3 Å². The smallest absolute Gasteiger partial charge is 1.00 e. The number of carbonyl (C=O) groups excluding carboxylic acids is 8. The van der Waals surface area contributed by atoms with Gasteiger partial charge in [-0.25, -0.2) is 0 Å². The summed E-state index contributed by atoms with van der Waals surface area (Å²) in [5.41, 5.74) is 0. The van der Waals surface area contributed by atoms with E-state index < -0.39 is 0 Å². The third kappa shape index (κ3) is 533000. The summed E-state index contributed by atoms with van der Waals surface area (Å²) in [5, 5.41) is 52.2. The Morgan fingerprint density at radius 2 is 0.355 bits per heavy atom. The first kappa shape index (κ1) is 458. The van der Waals surface area contributed by atoms with Gasteiger partial charge in [0.2, 0.25) is 0 Å². The molecule has 0 heterocycles. The second-order valence-corrected chi connectivity index (χ2v) is 4.75. The van der Waals surface area contributed by atoms with E-state index in [2.05, 4.69) is 91.9 Å². The Morgan fingerprint density at radius 3 is 0.355 bits per heavy atom. The second-order valence-electron chi connectivity index (χ2n) is 2.66. The Morgan fingerprint density at radius 1 is 0.316 bits per heavy atom. The van der Waals surface area contributed by atoms with Crippen molar-refractivity contribution in [3.8, 4) is 0 Å². The van der Waals surface area contributed by atoms with Gasteiger partial charge in [0.25, 0.3) is 0 Å². The van der Waals surface area contributed by atoms with E-state index >= 15 is 0 Å². The Labute approximate surface area is 541 Å². The first-order chi connectivity index (χ1) is 25.3. The molecule has 0 saturated heterocycles. The van der Waals surface area contributed by atoms with Gasteiger partial charge in [0.1, 0.15) is 54.3 Å². The maximum absolute atomic E-state index is 8.00. The van der Waals surface area contributed by atoms with Gasteiger partial charge < -0.3 is 92.7 Å². The standard InChI is InChI=1S/C3H7BrO.5C2H6O.2C2H4.2CH3BrO.3CH4O.8CH2O.23CH4.Na.H/c1-5-3-2-4;1-3-2;4*1-2-3;2*1-2;2*1-3-2;11*1-2;;;;;;;;;;;;;;;;;;;;;;;;;/h2-3H2,1H3;1-2H3;4*3H,2H2,1H3;2*1-2H2;2*1H3;3*2H,1H3;8*1H2;23*1H4;;/q;;;;;;;;;;;;;;;;;;;;;;;;;;;;;;;;;;;;;;;;;;;;+1;-1. The van der Waals surface area contributed by atoms with Gasteiger partial charge in [-0.1, -0.05) is 187 Å². The molecule has 76 heavy (non-hydrogen) atoms. The summed E-state index contributed by atoms with van der Waals surface area (Å²) in [6, 6.07) is 0. The van der Waals surface area contributed by atoms with Crippen LogP contribution in [0.1, 0.15) is 200 Å². The van der Waals surface area contributed by atoms with Crippen LogP contribution >= 0.6 is 48.4 Å². The van der Waals surface area contributed by atoms with Crippen molar-refractivity contribution in [2.24, 2.45) is 0 Å². The maximum Gasteiger partial charge on any atom is 1.00 e. The molecule has 0 radical (unpaired) electrons. The number of aliphatic hydroxyl groups is 7. The molecule has 19 nitrogen and oxygen atoms in total. The maximum atomic E-state index is 8.00.